The molecule has 2 rings (SSSR count). The average molecular weight is 247 g/mol. The zero-order chi connectivity index (χ0) is 12.3. The van der Waals surface area contributed by atoms with Gasteiger partial charge in [0.05, 0.1) is 10.7 Å². The Morgan fingerprint density at radius 3 is 2.82 bits per heavy atom. The molecule has 90 valence electrons. The van der Waals surface area contributed by atoms with Gasteiger partial charge in [0.25, 0.3) is 0 Å². The highest BCUT2D eigenvalue weighted by molar-refractivity contribution is 7.09. The minimum absolute atomic E-state index is 0.782. The van der Waals surface area contributed by atoms with Crippen LogP contribution in [-0.4, -0.2) is 4.98 Å². The van der Waals surface area contributed by atoms with Gasteiger partial charge in [-0.25, -0.2) is 4.98 Å². The van der Waals surface area contributed by atoms with E-state index in [9.17, 15) is 0 Å². The van der Waals surface area contributed by atoms with E-state index in [-0.39, 0.29) is 0 Å². The number of rotatable bonds is 4. The number of hydrogen-bond donors (Lipinski definition) is 2. The fourth-order valence-electron chi connectivity index (χ4n) is 1.70. The van der Waals surface area contributed by atoms with Gasteiger partial charge in [0, 0.05) is 24.2 Å². The van der Waals surface area contributed by atoms with Gasteiger partial charge in [-0.05, 0) is 25.5 Å². The van der Waals surface area contributed by atoms with Crippen LogP contribution < -0.4 is 11.1 Å². The molecule has 0 saturated carbocycles. The van der Waals surface area contributed by atoms with E-state index >= 15 is 0 Å². The fraction of sp³-hybridized carbons (Fsp3) is 0.308. The maximum Gasteiger partial charge on any atom is 0.0897 e. The largest absolute Gasteiger partial charge is 0.398 e. The maximum atomic E-state index is 5.92. The topological polar surface area (TPSA) is 50.9 Å². The van der Waals surface area contributed by atoms with E-state index < -0.39 is 0 Å². The highest BCUT2D eigenvalue weighted by Gasteiger charge is 2.01. The third-order valence-corrected chi connectivity index (χ3v) is 3.41. The number of benzene rings is 1. The number of anilines is 1. The number of thiazole rings is 1. The Morgan fingerprint density at radius 2 is 2.12 bits per heavy atom. The summed E-state index contributed by atoms with van der Waals surface area (Å²) in [5.74, 6) is 0. The van der Waals surface area contributed by atoms with Crippen molar-refractivity contribution in [1.82, 2.24) is 10.3 Å². The Labute approximate surface area is 106 Å². The molecule has 3 N–H and O–H groups in total. The van der Waals surface area contributed by atoms with Crippen molar-refractivity contribution in [2.75, 3.05) is 5.73 Å². The van der Waals surface area contributed by atoms with Crippen LogP contribution in [0.15, 0.2) is 23.6 Å². The summed E-state index contributed by atoms with van der Waals surface area (Å²) in [6, 6.07) is 6.11. The first-order valence-corrected chi connectivity index (χ1v) is 6.50. The molecule has 0 spiro atoms. The lowest BCUT2D eigenvalue weighted by Crippen LogP contribution is -2.14. The molecule has 17 heavy (non-hydrogen) atoms. The van der Waals surface area contributed by atoms with Gasteiger partial charge in [0.2, 0.25) is 0 Å². The van der Waals surface area contributed by atoms with Crippen LogP contribution in [-0.2, 0) is 13.1 Å². The molecule has 0 bridgehead atoms. The zero-order valence-electron chi connectivity index (χ0n) is 10.2. The summed E-state index contributed by atoms with van der Waals surface area (Å²) in [5.41, 5.74) is 10.2. The van der Waals surface area contributed by atoms with Crippen LogP contribution >= 0.6 is 11.3 Å². The first-order valence-electron chi connectivity index (χ1n) is 5.62. The Kier molecular flexibility index (Phi) is 3.76. The van der Waals surface area contributed by atoms with E-state index in [1.54, 1.807) is 11.3 Å². The monoisotopic (exact) mass is 247 g/mol. The molecule has 0 atom stereocenters. The highest BCUT2D eigenvalue weighted by Crippen LogP contribution is 2.14. The van der Waals surface area contributed by atoms with Crippen molar-refractivity contribution in [1.29, 1.82) is 0 Å². The molecular weight excluding hydrogens is 230 g/mol. The van der Waals surface area contributed by atoms with Crippen LogP contribution in [0.25, 0.3) is 0 Å². The Balaban J connectivity index is 1.91. The van der Waals surface area contributed by atoms with E-state index in [1.165, 1.54) is 5.56 Å². The van der Waals surface area contributed by atoms with Crippen LogP contribution in [0.3, 0.4) is 0 Å². The van der Waals surface area contributed by atoms with Gasteiger partial charge >= 0.3 is 0 Å². The Hall–Kier alpha value is -1.39. The molecule has 1 heterocycles. The SMILES string of the molecule is Cc1ccc(N)c(CNCc2csc(C)n2)c1. The van der Waals surface area contributed by atoms with E-state index in [0.29, 0.717) is 0 Å². The van der Waals surface area contributed by atoms with Gasteiger partial charge in [-0.2, -0.15) is 0 Å². The van der Waals surface area contributed by atoms with E-state index in [0.717, 1.165) is 35.0 Å². The predicted molar refractivity (Wildman–Crippen MR) is 73.0 cm³/mol. The van der Waals surface area contributed by atoms with Crippen LogP contribution in [0.2, 0.25) is 0 Å². The third kappa shape index (κ3) is 3.28. The molecule has 0 unspecified atom stereocenters. The molecule has 0 fully saturated rings. The molecule has 1 aromatic heterocycles. The highest BCUT2D eigenvalue weighted by atomic mass is 32.1. The standard InChI is InChI=1S/C13H17N3S/c1-9-3-4-13(14)11(5-9)6-15-7-12-8-17-10(2)16-12/h3-5,8,15H,6-7,14H2,1-2H3. The maximum absolute atomic E-state index is 5.92. The van der Waals surface area contributed by atoms with Gasteiger partial charge in [0.1, 0.15) is 0 Å². The Morgan fingerprint density at radius 1 is 1.29 bits per heavy atom. The van der Waals surface area contributed by atoms with Crippen molar-refractivity contribution in [3.63, 3.8) is 0 Å². The molecule has 4 heteroatoms. The van der Waals surface area contributed by atoms with Crippen molar-refractivity contribution in [2.45, 2.75) is 26.9 Å². The quantitative estimate of drug-likeness (QED) is 0.817. The Bertz CT molecular complexity index is 505. The van der Waals surface area contributed by atoms with E-state index in [4.69, 9.17) is 5.73 Å². The minimum atomic E-state index is 0.782. The summed E-state index contributed by atoms with van der Waals surface area (Å²) in [6.45, 7) is 5.67. The lowest BCUT2D eigenvalue weighted by Gasteiger charge is -2.07. The molecule has 0 amide bonds. The second kappa shape index (κ2) is 5.29. The average Bonchev–Trinajstić information content (AvgIpc) is 2.69. The van der Waals surface area contributed by atoms with Crippen molar-refractivity contribution in [3.05, 3.63) is 45.4 Å². The number of aromatic nitrogens is 1. The third-order valence-electron chi connectivity index (χ3n) is 2.59. The normalized spacial score (nSPS) is 10.7. The summed E-state index contributed by atoms with van der Waals surface area (Å²) in [4.78, 5) is 4.41. The smallest absolute Gasteiger partial charge is 0.0897 e. The summed E-state index contributed by atoms with van der Waals surface area (Å²) in [6.07, 6.45) is 0. The number of nitrogens with one attached hydrogen (secondary N) is 1. The molecule has 1 aromatic carbocycles. The van der Waals surface area contributed by atoms with Crippen LogP contribution in [0, 0.1) is 13.8 Å². The molecule has 3 nitrogen and oxygen atoms in total. The number of aryl methyl sites for hydroxylation is 2. The number of nitrogens with two attached hydrogens (primary N) is 1. The van der Waals surface area contributed by atoms with Crippen LogP contribution in [0.1, 0.15) is 21.8 Å². The molecule has 0 aliphatic heterocycles. The summed E-state index contributed by atoms with van der Waals surface area (Å²) < 4.78 is 0. The summed E-state index contributed by atoms with van der Waals surface area (Å²) in [7, 11) is 0. The van der Waals surface area contributed by atoms with Gasteiger partial charge < -0.3 is 11.1 Å². The number of hydrogen-bond acceptors (Lipinski definition) is 4. The molecule has 0 aliphatic carbocycles. The van der Waals surface area contributed by atoms with Crippen molar-refractivity contribution < 1.29 is 0 Å². The van der Waals surface area contributed by atoms with Crippen molar-refractivity contribution in [2.24, 2.45) is 0 Å². The zero-order valence-corrected chi connectivity index (χ0v) is 11.0. The minimum Gasteiger partial charge on any atom is -0.398 e. The second-order valence-corrected chi connectivity index (χ2v) is 5.23. The van der Waals surface area contributed by atoms with E-state index in [1.807, 2.05) is 19.1 Å². The molecule has 0 saturated heterocycles. The first kappa shape index (κ1) is 12.1. The van der Waals surface area contributed by atoms with Crippen LogP contribution in [0.5, 0.6) is 0 Å². The van der Waals surface area contributed by atoms with Gasteiger partial charge in [0.15, 0.2) is 0 Å². The van der Waals surface area contributed by atoms with Crippen molar-refractivity contribution in [3.8, 4) is 0 Å². The van der Waals surface area contributed by atoms with Gasteiger partial charge in [-0.1, -0.05) is 17.7 Å². The summed E-state index contributed by atoms with van der Waals surface area (Å²) in [5, 5.41) is 6.56. The number of nitrogens with zero attached hydrogens (tertiary/aromatic N) is 1. The van der Waals surface area contributed by atoms with Gasteiger partial charge in [-0.15, -0.1) is 11.3 Å². The molecular formula is C13H17N3S. The number of nitrogen functional groups attached to an aromatic ring is 1. The van der Waals surface area contributed by atoms with Gasteiger partial charge in [-0.3, -0.25) is 0 Å². The first-order chi connectivity index (χ1) is 8.15. The molecule has 0 aliphatic rings. The second-order valence-electron chi connectivity index (χ2n) is 4.16. The van der Waals surface area contributed by atoms with Crippen LogP contribution in [0.4, 0.5) is 5.69 Å². The lowest BCUT2D eigenvalue weighted by atomic mass is 10.1. The fourth-order valence-corrected chi connectivity index (χ4v) is 2.31. The molecule has 0 radical (unpaired) electrons. The summed E-state index contributed by atoms with van der Waals surface area (Å²) >= 11 is 1.68. The lowest BCUT2D eigenvalue weighted by molar-refractivity contribution is 0.682. The molecule has 2 aromatic rings. The van der Waals surface area contributed by atoms with Crippen molar-refractivity contribution >= 4 is 17.0 Å². The van der Waals surface area contributed by atoms with E-state index in [2.05, 4.69) is 28.7 Å². The predicted octanol–water partition coefficient (Wildman–Crippen LogP) is 2.63.